The average Bonchev–Trinajstić information content (AvgIpc) is 2.52. The number of hydrogen-bond donors (Lipinski definition) is 2. The second-order valence-corrected chi connectivity index (χ2v) is 3.04. The van der Waals surface area contributed by atoms with Gasteiger partial charge in [-0.05, 0) is 6.42 Å². The van der Waals surface area contributed by atoms with Gasteiger partial charge in [-0.25, -0.2) is 0 Å². The highest BCUT2D eigenvalue weighted by Crippen LogP contribution is 2.02. The van der Waals surface area contributed by atoms with Crippen LogP contribution < -0.4 is 5.32 Å². The second kappa shape index (κ2) is 7.25. The van der Waals surface area contributed by atoms with E-state index < -0.39 is 0 Å². The summed E-state index contributed by atoms with van der Waals surface area (Å²) in [6.07, 6.45) is 3.73. The molecule has 2 N–H and O–H groups in total. The maximum Gasteiger partial charge on any atom is 0.136 e. The predicted molar refractivity (Wildman–Crippen MR) is 49.1 cm³/mol. The summed E-state index contributed by atoms with van der Waals surface area (Å²) >= 11 is 0. The number of unbranched alkanes of at least 4 members (excludes halogenated alkanes) is 1. The molecule has 1 fully saturated rings. The standard InChI is InChI=1S/C5H9NO2.C4H10/c7-3-4-1-5(8)2-6-4;1-3-4-2/h3-6,8H,1-2H2;3-4H2,1-2H3/t4-,5?;/m0./s1. The third-order valence-electron chi connectivity index (χ3n) is 1.81. The van der Waals surface area contributed by atoms with E-state index >= 15 is 0 Å². The van der Waals surface area contributed by atoms with Crippen LogP contribution in [0.25, 0.3) is 0 Å². The molecule has 2 atom stereocenters. The lowest BCUT2D eigenvalue weighted by Crippen LogP contribution is -2.22. The van der Waals surface area contributed by atoms with Crippen molar-refractivity contribution >= 4 is 6.29 Å². The molecule has 72 valence electrons. The van der Waals surface area contributed by atoms with Gasteiger partial charge < -0.3 is 15.2 Å². The summed E-state index contributed by atoms with van der Waals surface area (Å²) < 4.78 is 0. The third kappa shape index (κ3) is 5.27. The van der Waals surface area contributed by atoms with Gasteiger partial charge in [-0.15, -0.1) is 0 Å². The first-order valence-electron chi connectivity index (χ1n) is 4.61. The quantitative estimate of drug-likeness (QED) is 0.605. The Morgan fingerprint density at radius 3 is 2.25 bits per heavy atom. The van der Waals surface area contributed by atoms with E-state index in [9.17, 15) is 4.79 Å². The fourth-order valence-electron chi connectivity index (χ4n) is 0.851. The number of hydrogen-bond acceptors (Lipinski definition) is 3. The van der Waals surface area contributed by atoms with Gasteiger partial charge in [0.05, 0.1) is 12.1 Å². The summed E-state index contributed by atoms with van der Waals surface area (Å²) in [5.41, 5.74) is 0. The van der Waals surface area contributed by atoms with E-state index in [0.717, 1.165) is 6.29 Å². The summed E-state index contributed by atoms with van der Waals surface area (Å²) in [5.74, 6) is 0. The topological polar surface area (TPSA) is 49.3 Å². The van der Waals surface area contributed by atoms with Crippen LogP contribution in [0, 0.1) is 0 Å². The van der Waals surface area contributed by atoms with Gasteiger partial charge in [-0.3, -0.25) is 0 Å². The molecule has 3 nitrogen and oxygen atoms in total. The van der Waals surface area contributed by atoms with Gasteiger partial charge in [0.1, 0.15) is 6.29 Å². The van der Waals surface area contributed by atoms with Crippen molar-refractivity contribution in [2.24, 2.45) is 0 Å². The normalized spacial score (nSPS) is 27.6. The molecular formula is C9H19NO2. The molecular weight excluding hydrogens is 154 g/mol. The number of aliphatic hydroxyl groups is 1. The minimum Gasteiger partial charge on any atom is -0.392 e. The third-order valence-corrected chi connectivity index (χ3v) is 1.81. The molecule has 1 heterocycles. The molecule has 1 unspecified atom stereocenters. The highest BCUT2D eigenvalue weighted by molar-refractivity contribution is 5.58. The minimum absolute atomic E-state index is 0.106. The summed E-state index contributed by atoms with van der Waals surface area (Å²) in [7, 11) is 0. The first-order valence-corrected chi connectivity index (χ1v) is 4.61. The molecule has 0 bridgehead atoms. The van der Waals surface area contributed by atoms with Gasteiger partial charge in [0.25, 0.3) is 0 Å². The number of nitrogens with one attached hydrogen (secondary N) is 1. The lowest BCUT2D eigenvalue weighted by Gasteiger charge is -1.94. The highest BCUT2D eigenvalue weighted by Gasteiger charge is 2.20. The number of β-amino-alcohol motifs (C(OH)–C–C–N with tert-alkyl or cyclic N) is 1. The largest absolute Gasteiger partial charge is 0.392 e. The smallest absolute Gasteiger partial charge is 0.136 e. The zero-order valence-corrected chi connectivity index (χ0v) is 7.92. The molecule has 12 heavy (non-hydrogen) atoms. The molecule has 0 aromatic rings. The molecule has 0 amide bonds. The Kier molecular flexibility index (Phi) is 7.00. The molecule has 1 aliphatic rings. The van der Waals surface area contributed by atoms with Crippen molar-refractivity contribution in [3.8, 4) is 0 Å². The van der Waals surface area contributed by atoms with Crippen molar-refractivity contribution in [1.29, 1.82) is 0 Å². The molecule has 0 saturated carbocycles. The number of aldehydes is 1. The van der Waals surface area contributed by atoms with Gasteiger partial charge in [0.15, 0.2) is 0 Å². The molecule has 0 aromatic heterocycles. The predicted octanol–water partition coefficient (Wildman–Crippen LogP) is 0.714. The van der Waals surface area contributed by atoms with E-state index in [1.54, 1.807) is 0 Å². The minimum atomic E-state index is -0.315. The molecule has 0 aliphatic carbocycles. The molecule has 0 spiro atoms. The van der Waals surface area contributed by atoms with Crippen molar-refractivity contribution in [3.05, 3.63) is 0 Å². The number of aliphatic hydroxyl groups excluding tert-OH is 1. The van der Waals surface area contributed by atoms with Crippen LogP contribution in [0.2, 0.25) is 0 Å². The lowest BCUT2D eigenvalue weighted by molar-refractivity contribution is -0.109. The van der Waals surface area contributed by atoms with Gasteiger partial charge in [-0.1, -0.05) is 26.7 Å². The first kappa shape index (κ1) is 11.6. The number of carbonyl (C=O) groups is 1. The van der Waals surface area contributed by atoms with Gasteiger partial charge in [0.2, 0.25) is 0 Å². The summed E-state index contributed by atoms with van der Waals surface area (Å²) in [4.78, 5) is 9.98. The van der Waals surface area contributed by atoms with Gasteiger partial charge >= 0.3 is 0 Å². The van der Waals surface area contributed by atoms with Gasteiger partial charge in [-0.2, -0.15) is 0 Å². The monoisotopic (exact) mass is 173 g/mol. The fraction of sp³-hybridized carbons (Fsp3) is 0.889. The Morgan fingerprint density at radius 2 is 2.08 bits per heavy atom. The van der Waals surface area contributed by atoms with Crippen LogP contribution in [-0.4, -0.2) is 30.1 Å². The van der Waals surface area contributed by atoms with Crippen LogP contribution in [0.1, 0.15) is 33.1 Å². The lowest BCUT2D eigenvalue weighted by atomic mass is 10.2. The number of carbonyl (C=O) groups excluding carboxylic acids is 1. The second-order valence-electron chi connectivity index (χ2n) is 3.04. The molecule has 3 heteroatoms. The van der Waals surface area contributed by atoms with Crippen LogP contribution in [0.3, 0.4) is 0 Å². The van der Waals surface area contributed by atoms with E-state index in [-0.39, 0.29) is 12.1 Å². The molecule has 1 saturated heterocycles. The van der Waals surface area contributed by atoms with Crippen LogP contribution >= 0.6 is 0 Å². The molecule has 0 aromatic carbocycles. The van der Waals surface area contributed by atoms with E-state index in [1.807, 2.05) is 0 Å². The van der Waals surface area contributed by atoms with E-state index in [4.69, 9.17) is 5.11 Å². The number of rotatable bonds is 2. The summed E-state index contributed by atoms with van der Waals surface area (Å²) in [5, 5.41) is 11.6. The molecule has 1 aliphatic heterocycles. The maximum atomic E-state index is 9.98. The van der Waals surface area contributed by atoms with E-state index in [1.165, 1.54) is 12.8 Å². The Morgan fingerprint density at radius 1 is 1.50 bits per heavy atom. The van der Waals surface area contributed by atoms with E-state index in [2.05, 4.69) is 19.2 Å². The summed E-state index contributed by atoms with van der Waals surface area (Å²) in [6.45, 7) is 4.92. The zero-order valence-electron chi connectivity index (χ0n) is 7.92. The van der Waals surface area contributed by atoms with E-state index in [0.29, 0.717) is 13.0 Å². The van der Waals surface area contributed by atoms with Crippen molar-refractivity contribution in [1.82, 2.24) is 5.32 Å². The summed E-state index contributed by atoms with van der Waals surface area (Å²) in [6, 6.07) is -0.106. The van der Waals surface area contributed by atoms with Crippen molar-refractivity contribution in [2.75, 3.05) is 6.54 Å². The van der Waals surface area contributed by atoms with Crippen molar-refractivity contribution in [2.45, 2.75) is 45.3 Å². The van der Waals surface area contributed by atoms with Crippen LogP contribution in [0.15, 0.2) is 0 Å². The van der Waals surface area contributed by atoms with Crippen LogP contribution in [-0.2, 0) is 4.79 Å². The Labute approximate surface area is 74.2 Å². The van der Waals surface area contributed by atoms with Crippen LogP contribution in [0.5, 0.6) is 0 Å². The average molecular weight is 173 g/mol. The fourth-order valence-corrected chi connectivity index (χ4v) is 0.851. The zero-order chi connectivity index (χ0) is 9.40. The Bertz CT molecular complexity index is 115. The first-order chi connectivity index (χ1) is 5.74. The maximum absolute atomic E-state index is 9.98. The Balaban J connectivity index is 0.000000261. The van der Waals surface area contributed by atoms with Crippen LogP contribution in [0.4, 0.5) is 0 Å². The van der Waals surface area contributed by atoms with Crippen molar-refractivity contribution < 1.29 is 9.90 Å². The highest BCUT2D eigenvalue weighted by atomic mass is 16.3. The molecule has 1 rings (SSSR count). The van der Waals surface area contributed by atoms with Gasteiger partial charge in [0, 0.05) is 6.54 Å². The van der Waals surface area contributed by atoms with Crippen molar-refractivity contribution in [3.63, 3.8) is 0 Å². The Hall–Kier alpha value is -0.410. The SMILES string of the molecule is CCCC.O=C[C@@H]1CC(O)CN1. The molecule has 0 radical (unpaired) electrons.